The molecule has 0 unspecified atom stereocenters. The molecule has 0 spiro atoms. The van der Waals surface area contributed by atoms with Crippen molar-refractivity contribution in [3.8, 4) is 0 Å². The molecule has 0 saturated carbocycles. The number of hydrogen-bond acceptors (Lipinski definition) is 4. The molecule has 0 aliphatic rings. The molecule has 0 aliphatic heterocycles. The second-order valence-corrected chi connectivity index (χ2v) is 4.49. The molecule has 0 fully saturated rings. The van der Waals surface area contributed by atoms with Gasteiger partial charge in [-0.1, -0.05) is 11.6 Å². The summed E-state index contributed by atoms with van der Waals surface area (Å²) in [6.45, 7) is 3.41. The van der Waals surface area contributed by atoms with Gasteiger partial charge < -0.3 is 4.90 Å². The highest BCUT2D eigenvalue weighted by molar-refractivity contribution is 6.33. The van der Waals surface area contributed by atoms with Gasteiger partial charge in [0.2, 0.25) is 0 Å². The third-order valence-electron chi connectivity index (χ3n) is 2.90. The summed E-state index contributed by atoms with van der Waals surface area (Å²) in [5.41, 5.74) is 1.40. The molecule has 2 heterocycles. The molecule has 5 nitrogen and oxygen atoms in total. The topological polar surface area (TPSA) is 61.9 Å². The van der Waals surface area contributed by atoms with Crippen LogP contribution in [0, 0.1) is 0 Å². The zero-order valence-electron chi connectivity index (χ0n) is 10.6. The van der Waals surface area contributed by atoms with Crippen LogP contribution in [0.2, 0.25) is 5.02 Å². The van der Waals surface area contributed by atoms with Crippen LogP contribution < -0.4 is 10.5 Å². The molecule has 2 aromatic rings. The maximum atomic E-state index is 11.8. The Morgan fingerprint density at radius 2 is 2.11 bits per heavy atom. The van der Waals surface area contributed by atoms with Crippen LogP contribution in [0.1, 0.15) is 12.5 Å². The lowest BCUT2D eigenvalue weighted by Crippen LogP contribution is -2.31. The number of pyridine rings is 1. The quantitative estimate of drug-likeness (QED) is 0.907. The summed E-state index contributed by atoms with van der Waals surface area (Å²) >= 11 is 6.05. The average molecular weight is 279 g/mol. The van der Waals surface area contributed by atoms with Crippen molar-refractivity contribution in [2.45, 2.75) is 13.3 Å². The number of likely N-dealkylation sites (N-methyl/N-ethyl adjacent to an activating group) is 1. The van der Waals surface area contributed by atoms with E-state index in [1.165, 1.54) is 11.8 Å². The van der Waals surface area contributed by atoms with E-state index in [1.54, 1.807) is 12.4 Å². The second-order valence-electron chi connectivity index (χ2n) is 4.08. The van der Waals surface area contributed by atoms with E-state index < -0.39 is 0 Å². The number of aromatic nitrogens is 3. The SMILES string of the molecule is CCN(CCc1ccncc1)c1c(Cl)cn[nH]c1=O. The fraction of sp³-hybridized carbons (Fsp3) is 0.308. The fourth-order valence-corrected chi connectivity index (χ4v) is 2.16. The summed E-state index contributed by atoms with van der Waals surface area (Å²) in [6.07, 6.45) is 5.80. The van der Waals surface area contributed by atoms with Gasteiger partial charge >= 0.3 is 0 Å². The minimum absolute atomic E-state index is 0.260. The number of H-pyrrole nitrogens is 1. The number of hydrogen-bond donors (Lipinski definition) is 1. The third-order valence-corrected chi connectivity index (χ3v) is 3.18. The second kappa shape index (κ2) is 6.33. The largest absolute Gasteiger partial charge is 0.366 e. The maximum Gasteiger partial charge on any atom is 0.289 e. The molecule has 2 rings (SSSR count). The Hall–Kier alpha value is -1.88. The number of rotatable bonds is 5. The first kappa shape index (κ1) is 13.5. The Morgan fingerprint density at radius 3 is 2.74 bits per heavy atom. The standard InChI is InChI=1S/C13H15ClN4O/c1-2-18(8-5-10-3-6-15-7-4-10)12-11(14)9-16-17-13(12)19/h3-4,6-7,9H,2,5,8H2,1H3,(H,17,19). The lowest BCUT2D eigenvalue weighted by molar-refractivity contribution is 0.794. The highest BCUT2D eigenvalue weighted by atomic mass is 35.5. The predicted octanol–water partition coefficient (Wildman–Crippen LogP) is 1.89. The first-order chi connectivity index (χ1) is 9.22. The summed E-state index contributed by atoms with van der Waals surface area (Å²) in [6, 6.07) is 3.93. The lowest BCUT2D eigenvalue weighted by Gasteiger charge is -2.22. The predicted molar refractivity (Wildman–Crippen MR) is 75.7 cm³/mol. The molecule has 2 aromatic heterocycles. The number of nitrogens with one attached hydrogen (secondary N) is 1. The zero-order valence-corrected chi connectivity index (χ0v) is 11.4. The van der Waals surface area contributed by atoms with Gasteiger partial charge in [-0.15, -0.1) is 0 Å². The van der Waals surface area contributed by atoms with Crippen molar-refractivity contribution < 1.29 is 0 Å². The van der Waals surface area contributed by atoms with Gasteiger partial charge in [0.1, 0.15) is 5.69 Å². The average Bonchev–Trinajstić information content (AvgIpc) is 2.43. The van der Waals surface area contributed by atoms with Gasteiger partial charge in [-0.2, -0.15) is 5.10 Å². The number of anilines is 1. The van der Waals surface area contributed by atoms with Gasteiger partial charge in [0, 0.05) is 25.5 Å². The van der Waals surface area contributed by atoms with E-state index in [-0.39, 0.29) is 5.56 Å². The minimum atomic E-state index is -0.260. The first-order valence-electron chi connectivity index (χ1n) is 6.09. The Labute approximate surface area is 116 Å². The molecule has 0 aliphatic carbocycles. The Kier molecular flexibility index (Phi) is 4.52. The molecule has 19 heavy (non-hydrogen) atoms. The molecule has 1 N–H and O–H groups in total. The van der Waals surface area contributed by atoms with E-state index in [9.17, 15) is 4.79 Å². The van der Waals surface area contributed by atoms with E-state index in [0.717, 1.165) is 6.42 Å². The Morgan fingerprint density at radius 1 is 1.37 bits per heavy atom. The summed E-state index contributed by atoms with van der Waals surface area (Å²) in [7, 11) is 0. The van der Waals surface area contributed by atoms with Gasteiger partial charge in [-0.25, -0.2) is 5.10 Å². The summed E-state index contributed by atoms with van der Waals surface area (Å²) < 4.78 is 0. The van der Waals surface area contributed by atoms with Gasteiger partial charge in [0.05, 0.1) is 11.2 Å². The van der Waals surface area contributed by atoms with Crippen LogP contribution in [-0.2, 0) is 6.42 Å². The smallest absolute Gasteiger partial charge is 0.289 e. The van der Waals surface area contributed by atoms with Crippen LogP contribution in [0.4, 0.5) is 5.69 Å². The van der Waals surface area contributed by atoms with E-state index in [0.29, 0.717) is 23.8 Å². The minimum Gasteiger partial charge on any atom is -0.366 e. The lowest BCUT2D eigenvalue weighted by atomic mass is 10.2. The fourth-order valence-electron chi connectivity index (χ4n) is 1.91. The van der Waals surface area contributed by atoms with E-state index in [4.69, 9.17) is 11.6 Å². The molecule has 100 valence electrons. The molecule has 0 atom stereocenters. The van der Waals surface area contributed by atoms with Crippen molar-refractivity contribution in [1.82, 2.24) is 15.2 Å². The molecular weight excluding hydrogens is 264 g/mol. The van der Waals surface area contributed by atoms with E-state index in [2.05, 4.69) is 15.2 Å². The molecular formula is C13H15ClN4O. The monoisotopic (exact) mass is 278 g/mol. The van der Waals surface area contributed by atoms with Crippen molar-refractivity contribution in [2.75, 3.05) is 18.0 Å². The Balaban J connectivity index is 2.15. The molecule has 0 aromatic carbocycles. The van der Waals surface area contributed by atoms with Crippen molar-refractivity contribution in [3.05, 3.63) is 51.7 Å². The molecule has 0 amide bonds. The van der Waals surface area contributed by atoms with Crippen molar-refractivity contribution in [1.29, 1.82) is 0 Å². The van der Waals surface area contributed by atoms with Crippen LogP contribution in [0.3, 0.4) is 0 Å². The van der Waals surface area contributed by atoms with Crippen LogP contribution >= 0.6 is 11.6 Å². The highest BCUT2D eigenvalue weighted by Gasteiger charge is 2.13. The molecule has 0 radical (unpaired) electrons. The van der Waals surface area contributed by atoms with Crippen molar-refractivity contribution in [2.24, 2.45) is 0 Å². The summed E-state index contributed by atoms with van der Waals surface area (Å²) in [4.78, 5) is 17.7. The first-order valence-corrected chi connectivity index (χ1v) is 6.47. The number of halogens is 1. The van der Waals surface area contributed by atoms with Crippen molar-refractivity contribution >= 4 is 17.3 Å². The van der Waals surface area contributed by atoms with Gasteiger partial charge in [-0.05, 0) is 31.0 Å². The Bertz CT molecular complexity index is 585. The number of nitrogens with zero attached hydrogens (tertiary/aromatic N) is 3. The van der Waals surface area contributed by atoms with Crippen LogP contribution in [0.25, 0.3) is 0 Å². The van der Waals surface area contributed by atoms with E-state index in [1.807, 2.05) is 24.0 Å². The zero-order chi connectivity index (χ0) is 13.7. The number of aromatic amines is 1. The molecule has 0 bridgehead atoms. The maximum absolute atomic E-state index is 11.8. The third kappa shape index (κ3) is 3.32. The molecule has 0 saturated heterocycles. The normalized spacial score (nSPS) is 10.4. The van der Waals surface area contributed by atoms with Crippen LogP contribution in [0.15, 0.2) is 35.5 Å². The van der Waals surface area contributed by atoms with Crippen LogP contribution in [-0.4, -0.2) is 28.3 Å². The van der Waals surface area contributed by atoms with Gasteiger partial charge in [0.15, 0.2) is 0 Å². The van der Waals surface area contributed by atoms with E-state index >= 15 is 0 Å². The van der Waals surface area contributed by atoms with Crippen LogP contribution in [0.5, 0.6) is 0 Å². The highest BCUT2D eigenvalue weighted by Crippen LogP contribution is 2.19. The molecule has 6 heteroatoms. The van der Waals surface area contributed by atoms with Crippen molar-refractivity contribution in [3.63, 3.8) is 0 Å². The summed E-state index contributed by atoms with van der Waals surface area (Å²) in [5.74, 6) is 0. The van der Waals surface area contributed by atoms with Gasteiger partial charge in [-0.3, -0.25) is 9.78 Å². The van der Waals surface area contributed by atoms with Gasteiger partial charge in [0.25, 0.3) is 5.56 Å². The summed E-state index contributed by atoms with van der Waals surface area (Å²) in [5, 5.41) is 6.46.